The SMILES string of the molecule is O=C(c1ccc2ccccc2c1O)C1(C2CCCC2)CCCC1. The van der Waals surface area contributed by atoms with E-state index >= 15 is 0 Å². The van der Waals surface area contributed by atoms with Crippen LogP contribution >= 0.6 is 0 Å². The predicted molar refractivity (Wildman–Crippen MR) is 92.8 cm³/mol. The fourth-order valence-electron chi connectivity index (χ4n) is 5.01. The summed E-state index contributed by atoms with van der Waals surface area (Å²) >= 11 is 0. The van der Waals surface area contributed by atoms with Gasteiger partial charge in [-0.15, -0.1) is 0 Å². The topological polar surface area (TPSA) is 37.3 Å². The van der Waals surface area contributed by atoms with E-state index in [1.807, 2.05) is 36.4 Å². The number of carbonyl (C=O) groups excluding carboxylic acids is 1. The van der Waals surface area contributed by atoms with Gasteiger partial charge in [0.05, 0.1) is 5.56 Å². The normalized spacial score (nSPS) is 21.0. The van der Waals surface area contributed by atoms with Gasteiger partial charge in [0.25, 0.3) is 0 Å². The van der Waals surface area contributed by atoms with Gasteiger partial charge in [-0.1, -0.05) is 56.0 Å². The molecule has 0 aliphatic heterocycles. The molecule has 2 aliphatic rings. The van der Waals surface area contributed by atoms with Crippen LogP contribution in [0.1, 0.15) is 61.7 Å². The zero-order valence-corrected chi connectivity index (χ0v) is 13.6. The second-order valence-corrected chi connectivity index (χ2v) is 7.36. The number of phenols is 1. The molecule has 2 aromatic rings. The van der Waals surface area contributed by atoms with Crippen LogP contribution in [0, 0.1) is 11.3 Å². The lowest BCUT2D eigenvalue weighted by atomic mass is 9.68. The summed E-state index contributed by atoms with van der Waals surface area (Å²) < 4.78 is 0. The van der Waals surface area contributed by atoms with Crippen LogP contribution in [-0.4, -0.2) is 10.9 Å². The van der Waals surface area contributed by atoms with Crippen molar-refractivity contribution >= 4 is 16.6 Å². The molecule has 120 valence electrons. The Hall–Kier alpha value is -1.83. The van der Waals surface area contributed by atoms with Crippen LogP contribution in [0.25, 0.3) is 10.8 Å². The average molecular weight is 308 g/mol. The van der Waals surface area contributed by atoms with Crippen LogP contribution in [0.4, 0.5) is 0 Å². The Bertz CT molecular complexity index is 735. The van der Waals surface area contributed by atoms with Gasteiger partial charge in [0.15, 0.2) is 5.78 Å². The fraction of sp³-hybridized carbons (Fsp3) is 0.476. The lowest BCUT2D eigenvalue weighted by Crippen LogP contribution is -2.35. The van der Waals surface area contributed by atoms with Crippen LogP contribution in [0.3, 0.4) is 0 Å². The minimum absolute atomic E-state index is 0.178. The molecule has 2 nitrogen and oxygen atoms in total. The Morgan fingerprint density at radius 1 is 0.957 bits per heavy atom. The standard InChI is InChI=1S/C21H24O2/c22-19-17-10-4-1-7-15(17)11-12-18(19)20(23)21(13-5-6-14-21)16-8-2-3-9-16/h1,4,7,10-12,16,22H,2-3,5-6,8-9,13-14H2. The third-order valence-electron chi connectivity index (χ3n) is 6.23. The number of hydrogen-bond donors (Lipinski definition) is 1. The lowest BCUT2D eigenvalue weighted by Gasteiger charge is -2.34. The Kier molecular flexibility index (Phi) is 3.63. The highest BCUT2D eigenvalue weighted by Gasteiger charge is 2.48. The highest BCUT2D eigenvalue weighted by Crippen LogP contribution is 2.53. The molecule has 2 aliphatic carbocycles. The van der Waals surface area contributed by atoms with Crippen molar-refractivity contribution in [2.24, 2.45) is 11.3 Å². The Balaban J connectivity index is 1.79. The summed E-state index contributed by atoms with van der Waals surface area (Å²) in [5.74, 6) is 0.894. The number of rotatable bonds is 3. The molecular weight excluding hydrogens is 284 g/mol. The molecule has 0 bridgehead atoms. The maximum Gasteiger partial charge on any atom is 0.173 e. The molecule has 4 rings (SSSR count). The van der Waals surface area contributed by atoms with Gasteiger partial charge in [0, 0.05) is 10.8 Å². The molecule has 0 amide bonds. The van der Waals surface area contributed by atoms with Crippen molar-refractivity contribution in [2.75, 3.05) is 0 Å². The number of Topliss-reactive ketones (excluding diaryl/α,β-unsaturated/α-hetero) is 1. The summed E-state index contributed by atoms with van der Waals surface area (Å²) in [5, 5.41) is 12.5. The summed E-state index contributed by atoms with van der Waals surface area (Å²) in [7, 11) is 0. The van der Waals surface area contributed by atoms with Crippen molar-refractivity contribution < 1.29 is 9.90 Å². The minimum Gasteiger partial charge on any atom is -0.507 e. The van der Waals surface area contributed by atoms with Gasteiger partial charge in [-0.2, -0.15) is 0 Å². The van der Waals surface area contributed by atoms with E-state index in [-0.39, 0.29) is 16.9 Å². The molecular formula is C21H24O2. The van der Waals surface area contributed by atoms with E-state index in [1.54, 1.807) is 0 Å². The highest BCUT2D eigenvalue weighted by atomic mass is 16.3. The third-order valence-corrected chi connectivity index (χ3v) is 6.23. The quantitative estimate of drug-likeness (QED) is 0.762. The number of aromatic hydroxyl groups is 1. The number of hydrogen-bond acceptors (Lipinski definition) is 2. The van der Waals surface area contributed by atoms with Gasteiger partial charge in [-0.3, -0.25) is 4.79 Å². The summed E-state index contributed by atoms with van der Waals surface area (Å²) in [4.78, 5) is 13.5. The van der Waals surface area contributed by atoms with Gasteiger partial charge in [0.1, 0.15) is 5.75 Å². The first-order valence-corrected chi connectivity index (χ1v) is 8.98. The Labute approximate surface area is 137 Å². The van der Waals surface area contributed by atoms with Crippen molar-refractivity contribution in [1.29, 1.82) is 0 Å². The zero-order valence-electron chi connectivity index (χ0n) is 13.6. The molecule has 2 fully saturated rings. The maximum atomic E-state index is 13.5. The van der Waals surface area contributed by atoms with Crippen LogP contribution in [0.2, 0.25) is 0 Å². The molecule has 0 spiro atoms. The van der Waals surface area contributed by atoms with Gasteiger partial charge >= 0.3 is 0 Å². The van der Waals surface area contributed by atoms with Crippen molar-refractivity contribution in [1.82, 2.24) is 0 Å². The summed E-state index contributed by atoms with van der Waals surface area (Å²) in [6.45, 7) is 0. The molecule has 2 aromatic carbocycles. The molecule has 0 atom stereocenters. The fourth-order valence-corrected chi connectivity index (χ4v) is 5.01. The first kappa shape index (κ1) is 14.7. The Morgan fingerprint density at radius 2 is 1.65 bits per heavy atom. The van der Waals surface area contributed by atoms with E-state index < -0.39 is 0 Å². The van der Waals surface area contributed by atoms with Gasteiger partial charge in [-0.25, -0.2) is 0 Å². The monoisotopic (exact) mass is 308 g/mol. The lowest BCUT2D eigenvalue weighted by molar-refractivity contribution is 0.0676. The van der Waals surface area contributed by atoms with Crippen LogP contribution in [-0.2, 0) is 0 Å². The molecule has 0 saturated heterocycles. The second kappa shape index (κ2) is 5.67. The smallest absolute Gasteiger partial charge is 0.173 e. The molecule has 0 radical (unpaired) electrons. The van der Waals surface area contributed by atoms with Crippen LogP contribution in [0.15, 0.2) is 36.4 Å². The van der Waals surface area contributed by atoms with Crippen LogP contribution < -0.4 is 0 Å². The molecule has 23 heavy (non-hydrogen) atoms. The molecule has 0 aromatic heterocycles. The summed E-state index contributed by atoms with van der Waals surface area (Å²) in [6.07, 6.45) is 9.17. The minimum atomic E-state index is -0.212. The first-order valence-electron chi connectivity index (χ1n) is 8.98. The van der Waals surface area contributed by atoms with Gasteiger partial charge < -0.3 is 5.11 Å². The average Bonchev–Trinajstić information content (AvgIpc) is 3.27. The van der Waals surface area contributed by atoms with Gasteiger partial charge in [0.2, 0.25) is 0 Å². The third kappa shape index (κ3) is 2.27. The molecule has 1 N–H and O–H groups in total. The maximum absolute atomic E-state index is 13.5. The summed E-state index contributed by atoms with van der Waals surface area (Å²) in [6, 6.07) is 11.6. The van der Waals surface area contributed by atoms with E-state index in [0.29, 0.717) is 11.5 Å². The highest BCUT2D eigenvalue weighted by molar-refractivity contribution is 6.07. The molecule has 0 unspecified atom stereocenters. The molecule has 0 heterocycles. The number of carbonyl (C=O) groups is 1. The number of ketones is 1. The largest absolute Gasteiger partial charge is 0.507 e. The zero-order chi connectivity index (χ0) is 15.9. The van der Waals surface area contributed by atoms with E-state index in [9.17, 15) is 9.90 Å². The van der Waals surface area contributed by atoms with E-state index in [2.05, 4.69) is 0 Å². The van der Waals surface area contributed by atoms with Crippen molar-refractivity contribution in [3.63, 3.8) is 0 Å². The van der Waals surface area contributed by atoms with E-state index in [4.69, 9.17) is 0 Å². The van der Waals surface area contributed by atoms with E-state index in [1.165, 1.54) is 25.7 Å². The molecule has 2 saturated carbocycles. The van der Waals surface area contributed by atoms with Gasteiger partial charge in [-0.05, 0) is 43.1 Å². The predicted octanol–water partition coefficient (Wildman–Crippen LogP) is 5.48. The summed E-state index contributed by atoms with van der Waals surface area (Å²) in [5.41, 5.74) is 0.327. The molecule has 2 heteroatoms. The Morgan fingerprint density at radius 3 is 2.39 bits per heavy atom. The van der Waals surface area contributed by atoms with Crippen molar-refractivity contribution in [2.45, 2.75) is 51.4 Å². The second-order valence-electron chi connectivity index (χ2n) is 7.36. The number of phenolic OH excluding ortho intramolecular Hbond substituents is 1. The first-order chi connectivity index (χ1) is 11.2. The van der Waals surface area contributed by atoms with Crippen LogP contribution in [0.5, 0.6) is 5.75 Å². The van der Waals surface area contributed by atoms with E-state index in [0.717, 1.165) is 36.5 Å². The van der Waals surface area contributed by atoms with Crippen molar-refractivity contribution in [3.05, 3.63) is 42.0 Å². The number of benzene rings is 2. The van der Waals surface area contributed by atoms with Crippen molar-refractivity contribution in [3.8, 4) is 5.75 Å². The number of fused-ring (bicyclic) bond motifs is 1.